The Morgan fingerprint density at radius 3 is 2.83 bits per heavy atom. The third-order valence-electron chi connectivity index (χ3n) is 3.82. The summed E-state index contributed by atoms with van der Waals surface area (Å²) in [5.74, 6) is 0.705. The molecule has 1 saturated heterocycles. The van der Waals surface area contributed by atoms with E-state index in [2.05, 4.69) is 6.92 Å². The zero-order chi connectivity index (χ0) is 13.1. The first kappa shape index (κ1) is 13.4. The Morgan fingerprint density at radius 2 is 2.17 bits per heavy atom. The maximum absolute atomic E-state index is 12.2. The summed E-state index contributed by atoms with van der Waals surface area (Å²) in [5, 5.41) is 0.0968. The lowest BCUT2D eigenvalue weighted by molar-refractivity contribution is -0.131. The zero-order valence-electron chi connectivity index (χ0n) is 11.0. The molecule has 1 fully saturated rings. The van der Waals surface area contributed by atoms with Gasteiger partial charge in [-0.3, -0.25) is 4.79 Å². The monoisotopic (exact) mass is 265 g/mol. The van der Waals surface area contributed by atoms with Crippen LogP contribution in [0.4, 0.5) is 0 Å². The van der Waals surface area contributed by atoms with Crippen LogP contribution in [0.3, 0.4) is 0 Å². The minimum absolute atomic E-state index is 0.0968. The van der Waals surface area contributed by atoms with Crippen molar-refractivity contribution >= 4 is 17.5 Å². The number of alkyl halides is 1. The molecule has 0 N–H and O–H groups in total. The highest BCUT2D eigenvalue weighted by Gasteiger charge is 2.27. The molecule has 1 aromatic carbocycles. The van der Waals surface area contributed by atoms with Crippen LogP contribution in [0.2, 0.25) is 0 Å². The molecule has 0 bridgehead atoms. The zero-order valence-corrected chi connectivity index (χ0v) is 11.8. The van der Waals surface area contributed by atoms with Gasteiger partial charge in [-0.2, -0.15) is 0 Å². The van der Waals surface area contributed by atoms with Crippen molar-refractivity contribution in [3.05, 3.63) is 35.4 Å². The summed E-state index contributed by atoms with van der Waals surface area (Å²) < 4.78 is 0. The van der Waals surface area contributed by atoms with Crippen molar-refractivity contribution in [3.63, 3.8) is 0 Å². The fourth-order valence-corrected chi connectivity index (χ4v) is 2.62. The molecule has 2 unspecified atom stereocenters. The number of nitrogens with zero attached hydrogens (tertiary/aromatic N) is 1. The number of hydrogen-bond acceptors (Lipinski definition) is 1. The molecule has 1 amide bonds. The van der Waals surface area contributed by atoms with Gasteiger partial charge in [-0.25, -0.2) is 0 Å². The van der Waals surface area contributed by atoms with Crippen molar-refractivity contribution in [2.45, 2.75) is 32.1 Å². The highest BCUT2D eigenvalue weighted by Crippen LogP contribution is 2.22. The molecule has 2 rings (SSSR count). The minimum atomic E-state index is 0.0968. The maximum Gasteiger partial charge on any atom is 0.227 e. The summed E-state index contributed by atoms with van der Waals surface area (Å²) in [6.45, 7) is 5.73. The van der Waals surface area contributed by atoms with Gasteiger partial charge in [0.1, 0.15) is 0 Å². The standard InChI is InChI=1S/C15H20ClNO/c1-11-5-3-4-6-13(11)9-15(18)17-8-7-12(2)14(16)10-17/h3-6,12,14H,7-10H2,1-2H3. The van der Waals surface area contributed by atoms with Gasteiger partial charge in [0, 0.05) is 13.1 Å². The van der Waals surface area contributed by atoms with Crippen molar-refractivity contribution < 1.29 is 4.79 Å². The molecule has 1 aliphatic rings. The lowest BCUT2D eigenvalue weighted by atomic mass is 9.97. The Hall–Kier alpha value is -1.02. The molecule has 1 heterocycles. The van der Waals surface area contributed by atoms with E-state index in [4.69, 9.17) is 11.6 Å². The number of aryl methyl sites for hydroxylation is 1. The summed E-state index contributed by atoms with van der Waals surface area (Å²) in [5.41, 5.74) is 2.30. The van der Waals surface area contributed by atoms with Gasteiger partial charge in [0.05, 0.1) is 11.8 Å². The van der Waals surface area contributed by atoms with Crippen LogP contribution in [-0.2, 0) is 11.2 Å². The van der Waals surface area contributed by atoms with Gasteiger partial charge < -0.3 is 4.90 Å². The predicted octanol–water partition coefficient (Wildman–Crippen LogP) is 3.01. The molecule has 0 saturated carbocycles. The van der Waals surface area contributed by atoms with Gasteiger partial charge in [-0.1, -0.05) is 31.2 Å². The second kappa shape index (κ2) is 5.75. The van der Waals surface area contributed by atoms with E-state index >= 15 is 0 Å². The largest absolute Gasteiger partial charge is 0.341 e. The number of rotatable bonds is 2. The van der Waals surface area contributed by atoms with Crippen molar-refractivity contribution in [2.24, 2.45) is 5.92 Å². The van der Waals surface area contributed by atoms with Crippen LogP contribution in [-0.4, -0.2) is 29.3 Å². The van der Waals surface area contributed by atoms with Gasteiger partial charge in [0.25, 0.3) is 0 Å². The average Bonchev–Trinajstić information content (AvgIpc) is 2.35. The highest BCUT2D eigenvalue weighted by atomic mass is 35.5. The molecule has 1 aromatic rings. The number of carbonyl (C=O) groups excluding carboxylic acids is 1. The fraction of sp³-hybridized carbons (Fsp3) is 0.533. The molecule has 2 nitrogen and oxygen atoms in total. The van der Waals surface area contributed by atoms with E-state index in [1.165, 1.54) is 5.56 Å². The highest BCUT2D eigenvalue weighted by molar-refractivity contribution is 6.21. The molecule has 0 radical (unpaired) electrons. The SMILES string of the molecule is Cc1ccccc1CC(=O)N1CCC(C)C(Cl)C1. The number of likely N-dealkylation sites (tertiary alicyclic amines) is 1. The van der Waals surface area contributed by atoms with Crippen LogP contribution in [0.15, 0.2) is 24.3 Å². The second-order valence-electron chi connectivity index (χ2n) is 5.22. The normalized spacial score (nSPS) is 24.1. The molecule has 0 spiro atoms. The van der Waals surface area contributed by atoms with E-state index in [1.54, 1.807) is 0 Å². The van der Waals surface area contributed by atoms with Crippen molar-refractivity contribution in [3.8, 4) is 0 Å². The molecule has 0 aromatic heterocycles. The first-order valence-corrected chi connectivity index (χ1v) is 6.98. The molecule has 98 valence electrons. The lowest BCUT2D eigenvalue weighted by Gasteiger charge is -2.34. The Kier molecular flexibility index (Phi) is 4.28. The number of benzene rings is 1. The van der Waals surface area contributed by atoms with Crippen LogP contribution in [0, 0.1) is 12.8 Å². The van der Waals surface area contributed by atoms with Crippen LogP contribution in [0.25, 0.3) is 0 Å². The molecule has 3 heteroatoms. The predicted molar refractivity (Wildman–Crippen MR) is 74.9 cm³/mol. The second-order valence-corrected chi connectivity index (χ2v) is 5.79. The smallest absolute Gasteiger partial charge is 0.227 e. The first-order chi connectivity index (χ1) is 8.58. The summed E-state index contributed by atoms with van der Waals surface area (Å²) in [4.78, 5) is 14.1. The van der Waals surface area contributed by atoms with Crippen LogP contribution in [0.1, 0.15) is 24.5 Å². The molecule has 18 heavy (non-hydrogen) atoms. The molecular weight excluding hydrogens is 246 g/mol. The van der Waals surface area contributed by atoms with E-state index < -0.39 is 0 Å². The average molecular weight is 266 g/mol. The quantitative estimate of drug-likeness (QED) is 0.753. The number of halogens is 1. The molecule has 2 atom stereocenters. The van der Waals surface area contributed by atoms with Gasteiger partial charge in [0.2, 0.25) is 5.91 Å². The van der Waals surface area contributed by atoms with Crippen LogP contribution < -0.4 is 0 Å². The van der Waals surface area contributed by atoms with E-state index in [1.807, 2.05) is 36.1 Å². The summed E-state index contributed by atoms with van der Waals surface area (Å²) in [6, 6.07) is 8.06. The Morgan fingerprint density at radius 1 is 1.44 bits per heavy atom. The van der Waals surface area contributed by atoms with Crippen LogP contribution >= 0.6 is 11.6 Å². The third kappa shape index (κ3) is 3.05. The number of piperidine rings is 1. The molecular formula is C15H20ClNO. The van der Waals surface area contributed by atoms with Gasteiger partial charge in [-0.05, 0) is 30.4 Å². The van der Waals surface area contributed by atoms with Crippen molar-refractivity contribution in [1.29, 1.82) is 0 Å². The Labute approximate surface area is 114 Å². The van der Waals surface area contributed by atoms with E-state index in [-0.39, 0.29) is 11.3 Å². The van der Waals surface area contributed by atoms with Gasteiger partial charge >= 0.3 is 0 Å². The number of hydrogen-bond donors (Lipinski definition) is 0. The third-order valence-corrected chi connectivity index (χ3v) is 4.39. The van der Waals surface area contributed by atoms with Crippen molar-refractivity contribution in [2.75, 3.05) is 13.1 Å². The van der Waals surface area contributed by atoms with Gasteiger partial charge in [0.15, 0.2) is 0 Å². The first-order valence-electron chi connectivity index (χ1n) is 6.54. The molecule has 1 aliphatic heterocycles. The van der Waals surface area contributed by atoms with E-state index in [9.17, 15) is 4.79 Å². The van der Waals surface area contributed by atoms with E-state index in [0.717, 1.165) is 18.5 Å². The minimum Gasteiger partial charge on any atom is -0.341 e. The fourth-order valence-electron chi connectivity index (χ4n) is 2.33. The molecule has 0 aliphatic carbocycles. The van der Waals surface area contributed by atoms with Gasteiger partial charge in [-0.15, -0.1) is 11.6 Å². The lowest BCUT2D eigenvalue weighted by Crippen LogP contribution is -2.44. The summed E-state index contributed by atoms with van der Waals surface area (Å²) in [7, 11) is 0. The summed E-state index contributed by atoms with van der Waals surface area (Å²) in [6.07, 6.45) is 1.50. The Balaban J connectivity index is 1.99. The number of amides is 1. The number of carbonyl (C=O) groups is 1. The van der Waals surface area contributed by atoms with E-state index in [0.29, 0.717) is 18.9 Å². The van der Waals surface area contributed by atoms with Crippen LogP contribution in [0.5, 0.6) is 0 Å². The topological polar surface area (TPSA) is 20.3 Å². The van der Waals surface area contributed by atoms with Crippen molar-refractivity contribution in [1.82, 2.24) is 4.90 Å². The maximum atomic E-state index is 12.2. The summed E-state index contributed by atoms with van der Waals surface area (Å²) >= 11 is 6.25. The Bertz CT molecular complexity index is 432.